The Morgan fingerprint density at radius 1 is 1.39 bits per heavy atom. The van der Waals surface area contributed by atoms with Crippen molar-refractivity contribution in [2.45, 2.75) is 58.1 Å². The smallest absolute Gasteiger partial charge is 0.239 e. The molecule has 4 heteroatoms. The third-order valence-electron chi connectivity index (χ3n) is 4.66. The molecule has 0 aromatic heterocycles. The van der Waals surface area contributed by atoms with Crippen LogP contribution in [0.5, 0.6) is 0 Å². The van der Waals surface area contributed by atoms with Crippen molar-refractivity contribution < 1.29 is 9.53 Å². The molecular formula is C19H30N2O2. The van der Waals surface area contributed by atoms with Crippen LogP contribution in [-0.4, -0.2) is 24.6 Å². The first-order valence-electron chi connectivity index (χ1n) is 8.69. The Hall–Kier alpha value is -1.39. The highest BCUT2D eigenvalue weighted by molar-refractivity contribution is 5.85. The Morgan fingerprint density at radius 3 is 2.74 bits per heavy atom. The number of hydrogen-bond donors (Lipinski definition) is 2. The van der Waals surface area contributed by atoms with E-state index in [4.69, 9.17) is 10.5 Å². The van der Waals surface area contributed by atoms with Gasteiger partial charge in [0, 0.05) is 19.1 Å². The number of carbonyl (C=O) groups is 1. The molecule has 0 bridgehead atoms. The quantitative estimate of drug-likeness (QED) is 0.847. The molecule has 1 aromatic rings. The van der Waals surface area contributed by atoms with Gasteiger partial charge < -0.3 is 15.8 Å². The second-order valence-electron chi connectivity index (χ2n) is 6.98. The van der Waals surface area contributed by atoms with Gasteiger partial charge >= 0.3 is 0 Å². The highest BCUT2D eigenvalue weighted by atomic mass is 16.5. The van der Waals surface area contributed by atoms with Gasteiger partial charge in [-0.2, -0.15) is 0 Å². The van der Waals surface area contributed by atoms with Crippen LogP contribution in [0.2, 0.25) is 0 Å². The van der Waals surface area contributed by atoms with Gasteiger partial charge in [0.1, 0.15) is 0 Å². The lowest BCUT2D eigenvalue weighted by atomic mass is 9.88. The van der Waals surface area contributed by atoms with Gasteiger partial charge in [-0.3, -0.25) is 4.79 Å². The van der Waals surface area contributed by atoms with Gasteiger partial charge in [-0.05, 0) is 38.7 Å². The van der Waals surface area contributed by atoms with Gasteiger partial charge in [0.2, 0.25) is 5.91 Å². The zero-order valence-corrected chi connectivity index (χ0v) is 14.6. The molecule has 1 aliphatic heterocycles. The van der Waals surface area contributed by atoms with E-state index in [0.717, 1.165) is 25.9 Å². The molecule has 3 atom stereocenters. The predicted molar refractivity (Wildman–Crippen MR) is 93.1 cm³/mol. The summed E-state index contributed by atoms with van der Waals surface area (Å²) in [4.78, 5) is 12.3. The first-order valence-corrected chi connectivity index (χ1v) is 8.69. The lowest BCUT2D eigenvalue weighted by molar-refractivity contribution is -0.126. The third-order valence-corrected chi connectivity index (χ3v) is 4.66. The van der Waals surface area contributed by atoms with E-state index < -0.39 is 5.54 Å². The first kappa shape index (κ1) is 18.0. The first-order chi connectivity index (χ1) is 10.9. The molecule has 2 rings (SSSR count). The van der Waals surface area contributed by atoms with Crippen LogP contribution in [-0.2, 0) is 9.53 Å². The Bertz CT molecular complexity index is 511. The number of ether oxygens (including phenoxy) is 1. The van der Waals surface area contributed by atoms with Gasteiger partial charge in [0.05, 0.1) is 11.6 Å². The molecule has 23 heavy (non-hydrogen) atoms. The summed E-state index contributed by atoms with van der Waals surface area (Å²) in [6.45, 7) is 7.34. The van der Waals surface area contributed by atoms with Crippen LogP contribution in [0.3, 0.4) is 0 Å². The number of benzene rings is 1. The molecule has 4 nitrogen and oxygen atoms in total. The molecule has 3 unspecified atom stereocenters. The van der Waals surface area contributed by atoms with Gasteiger partial charge in [0.15, 0.2) is 0 Å². The minimum atomic E-state index is -0.788. The van der Waals surface area contributed by atoms with E-state index in [2.05, 4.69) is 36.5 Å². The molecule has 1 amide bonds. The maximum Gasteiger partial charge on any atom is 0.239 e. The van der Waals surface area contributed by atoms with Crippen molar-refractivity contribution in [1.82, 2.24) is 5.32 Å². The number of amides is 1. The standard InChI is InChI=1S/C19H30N2O2/c1-4-11-19(3,20)18(22)21-13-16-6-5-12-23-17(16)15-9-7-14(2)8-10-15/h7-10,16-17H,4-6,11-13,20H2,1-3H3,(H,21,22). The van der Waals surface area contributed by atoms with Crippen molar-refractivity contribution in [2.24, 2.45) is 11.7 Å². The van der Waals surface area contributed by atoms with Crippen LogP contribution < -0.4 is 11.1 Å². The van der Waals surface area contributed by atoms with Crippen LogP contribution >= 0.6 is 0 Å². The average molecular weight is 318 g/mol. The molecule has 0 spiro atoms. The molecule has 0 aliphatic carbocycles. The molecule has 1 aliphatic rings. The van der Waals surface area contributed by atoms with E-state index in [9.17, 15) is 4.79 Å². The topological polar surface area (TPSA) is 64.4 Å². The van der Waals surface area contributed by atoms with E-state index >= 15 is 0 Å². The van der Waals surface area contributed by atoms with Crippen molar-refractivity contribution in [2.75, 3.05) is 13.2 Å². The second kappa shape index (κ2) is 7.93. The summed E-state index contributed by atoms with van der Waals surface area (Å²) in [6, 6.07) is 8.48. The lowest BCUT2D eigenvalue weighted by Gasteiger charge is -2.33. The van der Waals surface area contributed by atoms with Crippen LogP contribution in [0.4, 0.5) is 0 Å². The Balaban J connectivity index is 1.99. The SMILES string of the molecule is CCCC(C)(N)C(=O)NCC1CCCOC1c1ccc(C)cc1. The summed E-state index contributed by atoms with van der Waals surface area (Å²) in [5.74, 6) is 0.236. The summed E-state index contributed by atoms with van der Waals surface area (Å²) < 4.78 is 6.00. The Morgan fingerprint density at radius 2 is 2.09 bits per heavy atom. The molecular weight excluding hydrogens is 288 g/mol. The van der Waals surface area contributed by atoms with Crippen LogP contribution in [0.1, 0.15) is 56.8 Å². The average Bonchev–Trinajstić information content (AvgIpc) is 2.53. The van der Waals surface area contributed by atoms with Gasteiger partial charge in [-0.15, -0.1) is 0 Å². The minimum Gasteiger partial charge on any atom is -0.373 e. The van der Waals surface area contributed by atoms with Crippen molar-refractivity contribution in [3.05, 3.63) is 35.4 Å². The number of aryl methyl sites for hydroxylation is 1. The van der Waals surface area contributed by atoms with Crippen LogP contribution in [0.15, 0.2) is 24.3 Å². The predicted octanol–water partition coefficient (Wildman–Crippen LogP) is 3.10. The van der Waals surface area contributed by atoms with Crippen molar-refractivity contribution in [1.29, 1.82) is 0 Å². The van der Waals surface area contributed by atoms with E-state index in [1.54, 1.807) is 6.92 Å². The van der Waals surface area contributed by atoms with Crippen molar-refractivity contribution in [3.8, 4) is 0 Å². The van der Waals surface area contributed by atoms with Crippen LogP contribution in [0, 0.1) is 12.8 Å². The van der Waals surface area contributed by atoms with E-state index in [-0.39, 0.29) is 12.0 Å². The fourth-order valence-corrected chi connectivity index (χ4v) is 3.24. The number of carbonyl (C=O) groups excluding carboxylic acids is 1. The number of hydrogen-bond acceptors (Lipinski definition) is 3. The van der Waals surface area contributed by atoms with E-state index in [1.807, 2.05) is 6.92 Å². The summed E-state index contributed by atoms with van der Waals surface area (Å²) >= 11 is 0. The Kier molecular flexibility index (Phi) is 6.19. The van der Waals surface area contributed by atoms with E-state index in [0.29, 0.717) is 18.9 Å². The summed E-state index contributed by atoms with van der Waals surface area (Å²) in [6.07, 6.45) is 3.76. The van der Waals surface area contributed by atoms with Gasteiger partial charge in [-0.1, -0.05) is 43.2 Å². The van der Waals surface area contributed by atoms with Crippen LogP contribution in [0.25, 0.3) is 0 Å². The molecule has 1 heterocycles. The zero-order valence-electron chi connectivity index (χ0n) is 14.6. The number of nitrogens with one attached hydrogen (secondary N) is 1. The molecule has 128 valence electrons. The molecule has 3 N–H and O–H groups in total. The lowest BCUT2D eigenvalue weighted by Crippen LogP contribution is -2.52. The Labute approximate surface area is 139 Å². The highest BCUT2D eigenvalue weighted by Crippen LogP contribution is 2.33. The molecule has 0 saturated carbocycles. The van der Waals surface area contributed by atoms with Gasteiger partial charge in [0.25, 0.3) is 0 Å². The largest absolute Gasteiger partial charge is 0.373 e. The van der Waals surface area contributed by atoms with E-state index in [1.165, 1.54) is 11.1 Å². The van der Waals surface area contributed by atoms with Crippen molar-refractivity contribution >= 4 is 5.91 Å². The summed E-state index contributed by atoms with van der Waals surface area (Å²) in [7, 11) is 0. The van der Waals surface area contributed by atoms with Crippen molar-refractivity contribution in [3.63, 3.8) is 0 Å². The number of nitrogens with two attached hydrogens (primary N) is 1. The summed E-state index contributed by atoms with van der Waals surface area (Å²) in [5, 5.41) is 3.04. The molecule has 1 aromatic carbocycles. The highest BCUT2D eigenvalue weighted by Gasteiger charge is 2.31. The number of rotatable bonds is 6. The zero-order chi connectivity index (χ0) is 16.9. The fraction of sp³-hybridized carbons (Fsp3) is 0.632. The maximum atomic E-state index is 12.3. The molecule has 1 saturated heterocycles. The second-order valence-corrected chi connectivity index (χ2v) is 6.98. The minimum absolute atomic E-state index is 0.0554. The molecule has 1 fully saturated rings. The monoisotopic (exact) mass is 318 g/mol. The summed E-state index contributed by atoms with van der Waals surface area (Å²) in [5.41, 5.74) is 7.75. The molecule has 0 radical (unpaired) electrons. The normalized spacial score (nSPS) is 24.0. The fourth-order valence-electron chi connectivity index (χ4n) is 3.24. The van der Waals surface area contributed by atoms with Gasteiger partial charge in [-0.25, -0.2) is 0 Å². The maximum absolute atomic E-state index is 12.3. The third kappa shape index (κ3) is 4.79.